The van der Waals surface area contributed by atoms with E-state index in [2.05, 4.69) is 46.7 Å². The summed E-state index contributed by atoms with van der Waals surface area (Å²) in [5.41, 5.74) is 5.85. The van der Waals surface area contributed by atoms with Gasteiger partial charge in [0.1, 0.15) is 11.5 Å². The van der Waals surface area contributed by atoms with Gasteiger partial charge in [-0.05, 0) is 80.0 Å². The second-order valence-corrected chi connectivity index (χ2v) is 11.4. The zero-order valence-corrected chi connectivity index (χ0v) is 24.6. The Hall–Kier alpha value is -4.93. The highest BCUT2D eigenvalue weighted by Crippen LogP contribution is 2.34. The number of benzene rings is 2. The molecule has 43 heavy (non-hydrogen) atoms. The van der Waals surface area contributed by atoms with E-state index in [1.165, 1.54) is 17.8 Å². The number of imidazole rings is 1. The number of rotatable bonds is 10. The quantitative estimate of drug-likeness (QED) is 0.185. The van der Waals surface area contributed by atoms with Crippen molar-refractivity contribution in [3.8, 4) is 22.6 Å². The number of thiophene rings is 1. The molecule has 0 unspecified atom stereocenters. The lowest BCUT2D eigenvalue weighted by Gasteiger charge is -2.12. The molecule has 0 aliphatic carbocycles. The smallest absolute Gasteiger partial charge is 0.229 e. The molecule has 4 heterocycles. The lowest BCUT2D eigenvalue weighted by molar-refractivity contribution is -0.115. The Labute approximate surface area is 252 Å². The summed E-state index contributed by atoms with van der Waals surface area (Å²) < 4.78 is 16.2. The lowest BCUT2D eigenvalue weighted by atomic mass is 10.1. The standard InChI is InChI=1S/C33H30FN7OS/c1-40(2)16-14-22-6-3-8-25(18-22)37-33-35-15-13-28(38-33)32-31(39-29-12-11-24(34)21-41(29)32)23-7-4-9-26(19-23)36-30(42)20-27-10-5-17-43-27/h3-13,15,17-19,21H,14,16,20H2,1-2H3,(H,36,42)(H,35,37,38). The monoisotopic (exact) mass is 591 g/mol. The summed E-state index contributed by atoms with van der Waals surface area (Å²) in [6.07, 6.45) is 4.30. The number of carbonyl (C=O) groups excluding carboxylic acids is 1. The molecule has 6 rings (SSSR count). The van der Waals surface area contributed by atoms with Crippen molar-refractivity contribution < 1.29 is 9.18 Å². The minimum Gasteiger partial charge on any atom is -0.326 e. The Kier molecular flexibility index (Phi) is 8.21. The third-order valence-corrected chi connectivity index (χ3v) is 7.72. The highest BCUT2D eigenvalue weighted by molar-refractivity contribution is 7.10. The molecule has 0 saturated heterocycles. The number of nitrogens with zero attached hydrogens (tertiary/aromatic N) is 5. The molecule has 0 spiro atoms. The van der Waals surface area contributed by atoms with E-state index in [1.54, 1.807) is 34.1 Å². The molecule has 4 aromatic heterocycles. The molecule has 0 bridgehead atoms. The second-order valence-electron chi connectivity index (χ2n) is 10.4. The number of pyridine rings is 1. The first-order valence-corrected chi connectivity index (χ1v) is 14.7. The van der Waals surface area contributed by atoms with Gasteiger partial charge >= 0.3 is 0 Å². The number of fused-ring (bicyclic) bond motifs is 1. The van der Waals surface area contributed by atoms with E-state index in [1.807, 2.05) is 53.9 Å². The molecule has 1 amide bonds. The van der Waals surface area contributed by atoms with Gasteiger partial charge < -0.3 is 15.5 Å². The summed E-state index contributed by atoms with van der Waals surface area (Å²) in [5.74, 6) is -0.0856. The third kappa shape index (κ3) is 6.77. The van der Waals surface area contributed by atoms with Gasteiger partial charge in [0, 0.05) is 40.8 Å². The molecule has 0 aliphatic rings. The van der Waals surface area contributed by atoms with Crippen molar-refractivity contribution in [2.45, 2.75) is 12.8 Å². The zero-order chi connectivity index (χ0) is 29.8. The minimum absolute atomic E-state index is 0.103. The van der Waals surface area contributed by atoms with Crippen molar-refractivity contribution in [3.63, 3.8) is 0 Å². The molecule has 10 heteroatoms. The molecule has 216 valence electrons. The van der Waals surface area contributed by atoms with Gasteiger partial charge in [-0.2, -0.15) is 0 Å². The molecule has 0 fully saturated rings. The van der Waals surface area contributed by atoms with Crippen LogP contribution in [0.5, 0.6) is 0 Å². The molecular weight excluding hydrogens is 561 g/mol. The molecule has 0 radical (unpaired) electrons. The summed E-state index contributed by atoms with van der Waals surface area (Å²) in [7, 11) is 4.11. The number of aromatic nitrogens is 4. The predicted octanol–water partition coefficient (Wildman–Crippen LogP) is 6.69. The largest absolute Gasteiger partial charge is 0.326 e. The van der Waals surface area contributed by atoms with Gasteiger partial charge in [-0.15, -0.1) is 11.3 Å². The van der Waals surface area contributed by atoms with E-state index < -0.39 is 5.82 Å². The van der Waals surface area contributed by atoms with Crippen molar-refractivity contribution in [1.29, 1.82) is 0 Å². The number of hydrogen-bond donors (Lipinski definition) is 2. The lowest BCUT2D eigenvalue weighted by Crippen LogP contribution is -2.15. The van der Waals surface area contributed by atoms with Crippen LogP contribution in [-0.2, 0) is 17.6 Å². The van der Waals surface area contributed by atoms with Crippen molar-refractivity contribution in [2.24, 2.45) is 0 Å². The number of hydrogen-bond acceptors (Lipinski definition) is 7. The SMILES string of the molecule is CN(C)CCc1cccc(Nc2nccc(-c3c(-c4cccc(NC(=O)Cc5cccs5)c4)nc4ccc(F)cn34)n2)c1. The number of amides is 1. The molecule has 0 atom stereocenters. The van der Waals surface area contributed by atoms with Crippen LogP contribution in [0.3, 0.4) is 0 Å². The average molecular weight is 592 g/mol. The summed E-state index contributed by atoms with van der Waals surface area (Å²) in [5, 5.41) is 8.25. The molecular formula is C33H30FN7OS. The number of carbonyl (C=O) groups is 1. The van der Waals surface area contributed by atoms with Crippen LogP contribution in [0.1, 0.15) is 10.4 Å². The predicted molar refractivity (Wildman–Crippen MR) is 170 cm³/mol. The van der Waals surface area contributed by atoms with E-state index in [9.17, 15) is 9.18 Å². The molecule has 0 aliphatic heterocycles. The van der Waals surface area contributed by atoms with E-state index in [4.69, 9.17) is 9.97 Å². The Morgan fingerprint density at radius 2 is 1.84 bits per heavy atom. The van der Waals surface area contributed by atoms with Gasteiger partial charge in [0.15, 0.2) is 0 Å². The van der Waals surface area contributed by atoms with Crippen LogP contribution in [0.25, 0.3) is 28.3 Å². The van der Waals surface area contributed by atoms with Crippen molar-refractivity contribution in [2.75, 3.05) is 31.3 Å². The normalized spacial score (nSPS) is 11.3. The second kappa shape index (κ2) is 12.5. The molecule has 2 aromatic carbocycles. The average Bonchev–Trinajstić information content (AvgIpc) is 3.64. The maximum atomic E-state index is 14.5. The van der Waals surface area contributed by atoms with Gasteiger partial charge in [-0.25, -0.2) is 19.3 Å². The summed E-state index contributed by atoms with van der Waals surface area (Å²) in [6.45, 7) is 0.947. The molecule has 0 saturated carbocycles. The maximum Gasteiger partial charge on any atom is 0.229 e. The van der Waals surface area contributed by atoms with E-state index in [0.717, 1.165) is 29.1 Å². The Morgan fingerprint density at radius 1 is 0.977 bits per heavy atom. The third-order valence-electron chi connectivity index (χ3n) is 6.85. The van der Waals surface area contributed by atoms with Crippen LogP contribution in [0, 0.1) is 5.82 Å². The summed E-state index contributed by atoms with van der Waals surface area (Å²) >= 11 is 1.55. The van der Waals surface area contributed by atoms with Gasteiger partial charge in [-0.3, -0.25) is 9.20 Å². The first kappa shape index (κ1) is 28.2. The first-order valence-electron chi connectivity index (χ1n) is 13.9. The first-order chi connectivity index (χ1) is 20.9. The van der Waals surface area contributed by atoms with E-state index in [-0.39, 0.29) is 5.91 Å². The van der Waals surface area contributed by atoms with Gasteiger partial charge in [-0.1, -0.05) is 30.3 Å². The molecule has 6 aromatic rings. The van der Waals surface area contributed by atoms with Crippen LogP contribution in [0.15, 0.2) is 96.6 Å². The highest BCUT2D eigenvalue weighted by Gasteiger charge is 2.19. The van der Waals surface area contributed by atoms with Gasteiger partial charge in [0.2, 0.25) is 11.9 Å². The number of likely N-dealkylation sites (N-methyl/N-ethyl adjacent to an activating group) is 1. The van der Waals surface area contributed by atoms with Gasteiger partial charge in [0.25, 0.3) is 0 Å². The van der Waals surface area contributed by atoms with E-state index in [0.29, 0.717) is 40.8 Å². The van der Waals surface area contributed by atoms with Crippen LogP contribution in [-0.4, -0.2) is 50.8 Å². The number of halogens is 1. The Bertz CT molecular complexity index is 1880. The minimum atomic E-state index is -0.394. The molecule has 2 N–H and O–H groups in total. The van der Waals surface area contributed by atoms with Crippen molar-refractivity contribution in [1.82, 2.24) is 24.3 Å². The Morgan fingerprint density at radius 3 is 2.67 bits per heavy atom. The maximum absolute atomic E-state index is 14.5. The Balaban J connectivity index is 1.33. The fourth-order valence-electron chi connectivity index (χ4n) is 4.82. The summed E-state index contributed by atoms with van der Waals surface area (Å²) in [4.78, 5) is 29.9. The van der Waals surface area contributed by atoms with Crippen LogP contribution in [0.2, 0.25) is 0 Å². The van der Waals surface area contributed by atoms with Crippen LogP contribution >= 0.6 is 11.3 Å². The van der Waals surface area contributed by atoms with Crippen LogP contribution in [0.4, 0.5) is 21.7 Å². The number of nitrogens with one attached hydrogen (secondary N) is 2. The van der Waals surface area contributed by atoms with Crippen molar-refractivity contribution in [3.05, 3.63) is 113 Å². The van der Waals surface area contributed by atoms with Crippen molar-refractivity contribution >= 4 is 40.2 Å². The summed E-state index contributed by atoms with van der Waals surface area (Å²) in [6, 6.07) is 24.3. The number of anilines is 3. The van der Waals surface area contributed by atoms with Gasteiger partial charge in [0.05, 0.1) is 23.5 Å². The topological polar surface area (TPSA) is 87.5 Å². The zero-order valence-electron chi connectivity index (χ0n) is 23.8. The van der Waals surface area contributed by atoms with Crippen LogP contribution < -0.4 is 10.6 Å². The van der Waals surface area contributed by atoms with E-state index >= 15 is 0 Å². The highest BCUT2D eigenvalue weighted by atomic mass is 32.1. The fourth-order valence-corrected chi connectivity index (χ4v) is 5.53. The molecule has 8 nitrogen and oxygen atoms in total. The fraction of sp³-hybridized carbons (Fsp3) is 0.152.